The van der Waals surface area contributed by atoms with E-state index in [0.717, 1.165) is 11.3 Å². The Labute approximate surface area is 128 Å². The summed E-state index contributed by atoms with van der Waals surface area (Å²) >= 11 is 0.890. The lowest BCUT2D eigenvalue weighted by molar-refractivity contribution is 0.0697. The standard InChI is InChI=1S/C12H19NO6S2/c1-9(7-19-3)13(4-5-18-2)21(16,17)11-6-10(8-20-11)12(14)15/h6,8-9H,4-5,7H2,1-3H3,(H,14,15). The van der Waals surface area contributed by atoms with Gasteiger partial charge < -0.3 is 14.6 Å². The third-order valence-electron chi connectivity index (χ3n) is 2.80. The summed E-state index contributed by atoms with van der Waals surface area (Å²) in [5.41, 5.74) is -0.0374. The Morgan fingerprint density at radius 3 is 2.57 bits per heavy atom. The molecule has 1 unspecified atom stereocenters. The summed E-state index contributed by atoms with van der Waals surface area (Å²) in [4.78, 5) is 10.9. The molecule has 0 aromatic carbocycles. The van der Waals surface area contributed by atoms with Gasteiger partial charge in [0.1, 0.15) is 4.21 Å². The maximum Gasteiger partial charge on any atom is 0.336 e. The van der Waals surface area contributed by atoms with E-state index in [0.29, 0.717) is 0 Å². The molecule has 0 spiro atoms. The monoisotopic (exact) mass is 337 g/mol. The average molecular weight is 337 g/mol. The molecular weight excluding hydrogens is 318 g/mol. The first kappa shape index (κ1) is 18.1. The summed E-state index contributed by atoms with van der Waals surface area (Å²) in [6.07, 6.45) is 0. The number of carbonyl (C=O) groups is 1. The Hall–Kier alpha value is -1.00. The van der Waals surface area contributed by atoms with E-state index >= 15 is 0 Å². The van der Waals surface area contributed by atoms with Crippen molar-refractivity contribution in [1.29, 1.82) is 0 Å². The molecule has 120 valence electrons. The Morgan fingerprint density at radius 2 is 2.10 bits per heavy atom. The smallest absolute Gasteiger partial charge is 0.336 e. The minimum Gasteiger partial charge on any atom is -0.478 e. The largest absolute Gasteiger partial charge is 0.478 e. The van der Waals surface area contributed by atoms with Crippen LogP contribution >= 0.6 is 11.3 Å². The Morgan fingerprint density at radius 1 is 1.43 bits per heavy atom. The molecule has 1 rings (SSSR count). The molecular formula is C12H19NO6S2. The van der Waals surface area contributed by atoms with Gasteiger partial charge in [-0.3, -0.25) is 0 Å². The Kier molecular flexibility index (Phi) is 6.75. The van der Waals surface area contributed by atoms with Gasteiger partial charge in [-0.1, -0.05) is 0 Å². The van der Waals surface area contributed by atoms with E-state index in [4.69, 9.17) is 14.6 Å². The molecule has 0 amide bonds. The highest BCUT2D eigenvalue weighted by molar-refractivity contribution is 7.91. The van der Waals surface area contributed by atoms with Gasteiger partial charge in [-0.2, -0.15) is 4.31 Å². The van der Waals surface area contributed by atoms with Crippen LogP contribution in [0.5, 0.6) is 0 Å². The molecule has 0 fully saturated rings. The van der Waals surface area contributed by atoms with Crippen molar-refractivity contribution in [2.45, 2.75) is 17.2 Å². The molecule has 0 aliphatic carbocycles. The fraction of sp³-hybridized carbons (Fsp3) is 0.583. The number of hydrogen-bond acceptors (Lipinski definition) is 6. The van der Waals surface area contributed by atoms with Gasteiger partial charge in [0.2, 0.25) is 0 Å². The molecule has 7 nitrogen and oxygen atoms in total. The SMILES string of the molecule is COCCN(C(C)COC)S(=O)(=O)c1cc(C(=O)O)cs1. The van der Waals surface area contributed by atoms with Gasteiger partial charge in [0.25, 0.3) is 10.0 Å². The number of thiophene rings is 1. The molecule has 1 N–H and O–H groups in total. The second-order valence-corrected chi connectivity index (χ2v) is 7.40. The first-order valence-electron chi connectivity index (χ1n) is 6.16. The summed E-state index contributed by atoms with van der Waals surface area (Å²) in [6, 6.07) is 0.785. The number of ether oxygens (including phenoxy) is 2. The normalized spacial score (nSPS) is 13.5. The predicted octanol–water partition coefficient (Wildman–Crippen LogP) is 1.12. The third-order valence-corrected chi connectivity index (χ3v) is 6.23. The summed E-state index contributed by atoms with van der Waals surface area (Å²) in [5.74, 6) is -1.15. The zero-order valence-electron chi connectivity index (χ0n) is 12.1. The van der Waals surface area contributed by atoms with E-state index in [2.05, 4.69) is 0 Å². The summed E-state index contributed by atoms with van der Waals surface area (Å²) in [5, 5.41) is 10.2. The van der Waals surface area contributed by atoms with Gasteiger partial charge in [-0.25, -0.2) is 13.2 Å². The van der Waals surface area contributed by atoms with Crippen molar-refractivity contribution < 1.29 is 27.8 Å². The number of carboxylic acid groups (broad SMARTS) is 1. The molecule has 0 bridgehead atoms. The predicted molar refractivity (Wildman–Crippen MR) is 78.4 cm³/mol. The van der Waals surface area contributed by atoms with Crippen molar-refractivity contribution in [3.63, 3.8) is 0 Å². The average Bonchev–Trinajstić information content (AvgIpc) is 2.89. The molecule has 0 aliphatic heterocycles. The minimum absolute atomic E-state index is 0.000967. The van der Waals surface area contributed by atoms with Crippen molar-refractivity contribution in [2.24, 2.45) is 0 Å². The third kappa shape index (κ3) is 4.48. The molecule has 0 radical (unpaired) electrons. The van der Waals surface area contributed by atoms with Crippen LogP contribution < -0.4 is 0 Å². The first-order chi connectivity index (χ1) is 9.84. The van der Waals surface area contributed by atoms with E-state index in [-0.39, 0.29) is 35.6 Å². The maximum atomic E-state index is 12.6. The lowest BCUT2D eigenvalue weighted by Gasteiger charge is -2.27. The molecule has 1 aromatic heterocycles. The van der Waals surface area contributed by atoms with Crippen molar-refractivity contribution in [3.8, 4) is 0 Å². The van der Waals surface area contributed by atoms with Crippen LogP contribution in [-0.4, -0.2) is 63.8 Å². The summed E-state index contributed by atoms with van der Waals surface area (Å²) < 4.78 is 36.4. The van der Waals surface area contributed by atoms with Gasteiger partial charge in [-0.15, -0.1) is 11.3 Å². The lowest BCUT2D eigenvalue weighted by atomic mass is 10.3. The molecule has 0 saturated carbocycles. The van der Waals surface area contributed by atoms with E-state index in [1.807, 2.05) is 0 Å². The number of hydrogen-bond donors (Lipinski definition) is 1. The van der Waals surface area contributed by atoms with E-state index in [9.17, 15) is 13.2 Å². The molecule has 1 atom stereocenters. The number of sulfonamides is 1. The molecule has 0 aliphatic rings. The highest BCUT2D eigenvalue weighted by atomic mass is 32.2. The topological polar surface area (TPSA) is 93.1 Å². The number of nitrogens with zero attached hydrogens (tertiary/aromatic N) is 1. The van der Waals surface area contributed by atoms with Crippen molar-refractivity contribution in [2.75, 3.05) is 34.0 Å². The van der Waals surface area contributed by atoms with Gasteiger partial charge >= 0.3 is 5.97 Å². The van der Waals surface area contributed by atoms with Crippen LogP contribution in [-0.2, 0) is 19.5 Å². The van der Waals surface area contributed by atoms with Gasteiger partial charge in [-0.05, 0) is 13.0 Å². The second-order valence-electron chi connectivity index (χ2n) is 4.37. The number of aromatic carboxylic acids is 1. The lowest BCUT2D eigenvalue weighted by Crippen LogP contribution is -2.42. The van der Waals surface area contributed by atoms with Crippen LogP contribution in [0, 0.1) is 0 Å². The second kappa shape index (κ2) is 7.85. The molecule has 9 heteroatoms. The van der Waals surface area contributed by atoms with Gasteiger partial charge in [0.05, 0.1) is 18.8 Å². The number of rotatable bonds is 9. The number of carboxylic acids is 1. The van der Waals surface area contributed by atoms with Crippen LogP contribution in [0.15, 0.2) is 15.7 Å². The van der Waals surface area contributed by atoms with Crippen LogP contribution in [0.1, 0.15) is 17.3 Å². The Balaban J connectivity index is 3.09. The number of methoxy groups -OCH3 is 2. The van der Waals surface area contributed by atoms with Gasteiger partial charge in [0.15, 0.2) is 0 Å². The van der Waals surface area contributed by atoms with Crippen LogP contribution in [0.4, 0.5) is 0 Å². The first-order valence-corrected chi connectivity index (χ1v) is 8.48. The maximum absolute atomic E-state index is 12.6. The van der Waals surface area contributed by atoms with E-state index < -0.39 is 16.0 Å². The Bertz CT molecular complexity index is 568. The molecule has 0 saturated heterocycles. The van der Waals surface area contributed by atoms with E-state index in [1.54, 1.807) is 6.92 Å². The van der Waals surface area contributed by atoms with Crippen molar-refractivity contribution in [3.05, 3.63) is 17.0 Å². The van der Waals surface area contributed by atoms with Crippen LogP contribution in [0.25, 0.3) is 0 Å². The highest BCUT2D eigenvalue weighted by Crippen LogP contribution is 2.25. The quantitative estimate of drug-likeness (QED) is 0.726. The van der Waals surface area contributed by atoms with Crippen LogP contribution in [0.3, 0.4) is 0 Å². The summed E-state index contributed by atoms with van der Waals surface area (Å²) in [6.45, 7) is 2.37. The van der Waals surface area contributed by atoms with Crippen molar-refractivity contribution in [1.82, 2.24) is 4.31 Å². The zero-order valence-corrected chi connectivity index (χ0v) is 13.7. The van der Waals surface area contributed by atoms with Gasteiger partial charge in [0, 0.05) is 32.2 Å². The molecule has 1 heterocycles. The fourth-order valence-corrected chi connectivity index (χ4v) is 4.64. The highest BCUT2D eigenvalue weighted by Gasteiger charge is 2.30. The molecule has 21 heavy (non-hydrogen) atoms. The van der Waals surface area contributed by atoms with E-state index in [1.165, 1.54) is 30.0 Å². The minimum atomic E-state index is -3.78. The zero-order chi connectivity index (χ0) is 16.0. The molecule has 1 aromatic rings. The summed E-state index contributed by atoms with van der Waals surface area (Å²) in [7, 11) is -0.802. The van der Waals surface area contributed by atoms with Crippen LogP contribution in [0.2, 0.25) is 0 Å². The van der Waals surface area contributed by atoms with Crippen molar-refractivity contribution >= 4 is 27.3 Å². The fourth-order valence-electron chi connectivity index (χ4n) is 1.76.